The number of nitrogens with zero attached hydrogens (tertiary/aromatic N) is 2. The van der Waals surface area contributed by atoms with Gasteiger partial charge in [-0.3, -0.25) is 4.72 Å². The molecule has 8 nitrogen and oxygen atoms in total. The number of rotatable bonds is 4. The topological polar surface area (TPSA) is 120 Å². The number of methoxy groups -OCH3 is 1. The normalized spacial score (nSPS) is 23.9. The fourth-order valence-electron chi connectivity index (χ4n) is 2.81. The van der Waals surface area contributed by atoms with Crippen LogP contribution in [0.15, 0.2) is 12.1 Å². The van der Waals surface area contributed by atoms with Crippen LogP contribution in [-0.4, -0.2) is 49.1 Å². The van der Waals surface area contributed by atoms with E-state index in [9.17, 15) is 18.3 Å². The van der Waals surface area contributed by atoms with Gasteiger partial charge in [0.1, 0.15) is 6.07 Å². The minimum absolute atomic E-state index is 0.0504. The summed E-state index contributed by atoms with van der Waals surface area (Å²) in [6.07, 6.45) is -1.10. The lowest BCUT2D eigenvalue weighted by atomic mass is 9.97. The molecule has 2 N–H and O–H groups in total. The smallest absolute Gasteiger partial charge is 0.329 e. The van der Waals surface area contributed by atoms with Crippen LogP contribution >= 0.6 is 11.6 Å². The molecule has 0 radical (unpaired) electrons. The molecule has 1 fully saturated rings. The van der Waals surface area contributed by atoms with Crippen molar-refractivity contribution in [3.63, 3.8) is 0 Å². The van der Waals surface area contributed by atoms with Crippen molar-refractivity contribution < 1.29 is 23.1 Å². The van der Waals surface area contributed by atoms with Gasteiger partial charge in [-0.25, -0.2) is 4.79 Å². The first-order chi connectivity index (χ1) is 11.6. The summed E-state index contributed by atoms with van der Waals surface area (Å²) in [7, 11) is -3.06. The van der Waals surface area contributed by atoms with Gasteiger partial charge in [0.05, 0.1) is 29.5 Å². The molecular weight excluding hydrogens is 370 g/mol. The van der Waals surface area contributed by atoms with Crippen LogP contribution in [0, 0.1) is 18.3 Å². The summed E-state index contributed by atoms with van der Waals surface area (Å²) in [5.74, 6) is -0.850. The summed E-state index contributed by atoms with van der Waals surface area (Å²) in [4.78, 5) is 12.1. The zero-order valence-corrected chi connectivity index (χ0v) is 15.5. The summed E-state index contributed by atoms with van der Waals surface area (Å²) in [5.41, 5.74) is -0.954. The largest absolute Gasteiger partial charge is 0.468 e. The highest BCUT2D eigenvalue weighted by Gasteiger charge is 2.56. The van der Waals surface area contributed by atoms with Crippen LogP contribution in [0.5, 0.6) is 0 Å². The third-order valence-corrected chi connectivity index (χ3v) is 6.51. The monoisotopic (exact) mass is 387 g/mol. The summed E-state index contributed by atoms with van der Waals surface area (Å²) in [5, 5.41) is 19.2. The van der Waals surface area contributed by atoms with Gasteiger partial charge in [-0.2, -0.15) is 18.0 Å². The second-order valence-corrected chi connectivity index (χ2v) is 7.81. The van der Waals surface area contributed by atoms with E-state index in [1.54, 1.807) is 6.92 Å². The average Bonchev–Trinajstić information content (AvgIpc) is 2.88. The number of halogens is 1. The lowest BCUT2D eigenvalue weighted by molar-refractivity contribution is -0.154. The molecule has 10 heteroatoms. The standard InChI is InChI=1S/C15H18ClN3O5S/c1-9-11(5-4-10(8-17)13(9)16)18-25(22,23)19-7-6-12(20)15(19,2)14(21)24-3/h4-5,12,18,20H,6-7H2,1-3H3/t12-,15?/m1/s1. The number of esters is 1. The molecule has 0 spiro atoms. The van der Waals surface area contributed by atoms with E-state index in [1.807, 2.05) is 6.07 Å². The van der Waals surface area contributed by atoms with Gasteiger partial charge in [0.25, 0.3) is 0 Å². The van der Waals surface area contributed by atoms with Gasteiger partial charge in [0, 0.05) is 6.54 Å². The lowest BCUT2D eigenvalue weighted by Gasteiger charge is -2.33. The number of hydrogen-bond donors (Lipinski definition) is 2. The number of carbonyl (C=O) groups is 1. The maximum Gasteiger partial charge on any atom is 0.329 e. The van der Waals surface area contributed by atoms with Crippen molar-refractivity contribution >= 4 is 33.5 Å². The Balaban J connectivity index is 2.42. The van der Waals surface area contributed by atoms with Crippen molar-refractivity contribution in [1.29, 1.82) is 5.26 Å². The molecule has 1 aliphatic rings. The number of aliphatic hydroxyl groups excluding tert-OH is 1. The molecule has 1 aromatic carbocycles. The second kappa shape index (κ2) is 6.80. The van der Waals surface area contributed by atoms with Crippen LogP contribution in [-0.2, 0) is 19.7 Å². The number of hydrogen-bond acceptors (Lipinski definition) is 6. The summed E-state index contributed by atoms with van der Waals surface area (Å²) >= 11 is 6.05. The van der Waals surface area contributed by atoms with Gasteiger partial charge in [-0.15, -0.1) is 0 Å². The molecule has 1 aromatic rings. The Bertz CT molecular complexity index is 851. The summed E-state index contributed by atoms with van der Waals surface area (Å²) < 4.78 is 33.5. The van der Waals surface area contributed by atoms with E-state index in [2.05, 4.69) is 9.46 Å². The maximum atomic E-state index is 12.8. The molecular formula is C15H18ClN3O5S. The Kier molecular flexibility index (Phi) is 5.30. The van der Waals surface area contributed by atoms with Crippen LogP contribution in [0.4, 0.5) is 5.69 Å². The number of aliphatic hydroxyl groups is 1. The zero-order valence-electron chi connectivity index (χ0n) is 13.9. The first kappa shape index (κ1) is 19.5. The van der Waals surface area contributed by atoms with E-state index in [1.165, 1.54) is 19.1 Å². The first-order valence-electron chi connectivity index (χ1n) is 7.35. The van der Waals surface area contributed by atoms with E-state index < -0.39 is 27.8 Å². The molecule has 136 valence electrons. The maximum absolute atomic E-state index is 12.8. The van der Waals surface area contributed by atoms with E-state index in [0.29, 0.717) is 5.56 Å². The molecule has 25 heavy (non-hydrogen) atoms. The molecule has 0 aromatic heterocycles. The minimum Gasteiger partial charge on any atom is -0.468 e. The molecule has 1 heterocycles. The Labute approximate surface area is 151 Å². The van der Waals surface area contributed by atoms with E-state index in [0.717, 1.165) is 11.4 Å². The Morgan fingerprint density at radius 1 is 1.56 bits per heavy atom. The summed E-state index contributed by atoms with van der Waals surface area (Å²) in [6.45, 7) is 2.83. The van der Waals surface area contributed by atoms with E-state index in [4.69, 9.17) is 16.9 Å². The highest BCUT2D eigenvalue weighted by atomic mass is 35.5. The molecule has 0 amide bonds. The fraction of sp³-hybridized carbons (Fsp3) is 0.467. The molecule has 1 aliphatic heterocycles. The molecule has 0 bridgehead atoms. The predicted molar refractivity (Wildman–Crippen MR) is 91.2 cm³/mol. The summed E-state index contributed by atoms with van der Waals surface area (Å²) in [6, 6.07) is 4.72. The molecule has 1 saturated heterocycles. The van der Waals surface area contributed by atoms with E-state index >= 15 is 0 Å². The van der Waals surface area contributed by atoms with Crippen LogP contribution < -0.4 is 4.72 Å². The van der Waals surface area contributed by atoms with Crippen LogP contribution in [0.1, 0.15) is 24.5 Å². The number of ether oxygens (including phenoxy) is 1. The third kappa shape index (κ3) is 3.18. The number of nitriles is 1. The molecule has 0 saturated carbocycles. The van der Waals surface area contributed by atoms with Crippen molar-refractivity contribution in [1.82, 2.24) is 4.31 Å². The predicted octanol–water partition coefficient (Wildman–Crippen LogP) is 1.18. The molecule has 0 aliphatic carbocycles. The van der Waals surface area contributed by atoms with Gasteiger partial charge < -0.3 is 9.84 Å². The second-order valence-electron chi connectivity index (χ2n) is 5.83. The minimum atomic E-state index is -4.19. The van der Waals surface area contributed by atoms with Gasteiger partial charge in [-0.1, -0.05) is 11.6 Å². The van der Waals surface area contributed by atoms with Gasteiger partial charge in [0.2, 0.25) is 0 Å². The fourth-order valence-corrected chi connectivity index (χ4v) is 4.67. The highest BCUT2D eigenvalue weighted by molar-refractivity contribution is 7.90. The molecule has 1 unspecified atom stereocenters. The SMILES string of the molecule is COC(=O)C1(C)[C@H](O)CCN1S(=O)(=O)Nc1ccc(C#N)c(Cl)c1C. The van der Waals surface area contributed by atoms with Crippen molar-refractivity contribution in [2.75, 3.05) is 18.4 Å². The number of carbonyl (C=O) groups excluding carboxylic acids is 1. The zero-order chi connectivity index (χ0) is 19.0. The van der Waals surface area contributed by atoms with Crippen LogP contribution in [0.3, 0.4) is 0 Å². The number of anilines is 1. The number of nitrogens with one attached hydrogen (secondary N) is 1. The van der Waals surface area contributed by atoms with Crippen molar-refractivity contribution in [2.24, 2.45) is 0 Å². The Hall–Kier alpha value is -1.86. The van der Waals surface area contributed by atoms with Gasteiger partial charge >= 0.3 is 16.2 Å². The average molecular weight is 388 g/mol. The third-order valence-electron chi connectivity index (χ3n) is 4.41. The van der Waals surface area contributed by atoms with Crippen LogP contribution in [0.25, 0.3) is 0 Å². The van der Waals surface area contributed by atoms with Gasteiger partial charge in [0.15, 0.2) is 5.54 Å². The first-order valence-corrected chi connectivity index (χ1v) is 9.17. The van der Waals surface area contributed by atoms with E-state index in [-0.39, 0.29) is 29.2 Å². The van der Waals surface area contributed by atoms with Crippen LogP contribution in [0.2, 0.25) is 5.02 Å². The Morgan fingerprint density at radius 2 is 2.20 bits per heavy atom. The lowest BCUT2D eigenvalue weighted by Crippen LogP contribution is -2.57. The Morgan fingerprint density at radius 3 is 2.76 bits per heavy atom. The van der Waals surface area contributed by atoms with Gasteiger partial charge in [-0.05, 0) is 38.0 Å². The molecule has 2 atom stereocenters. The number of benzene rings is 1. The van der Waals surface area contributed by atoms with Crippen molar-refractivity contribution in [3.05, 3.63) is 28.3 Å². The van der Waals surface area contributed by atoms with Crippen molar-refractivity contribution in [3.8, 4) is 6.07 Å². The van der Waals surface area contributed by atoms with Crippen molar-refractivity contribution in [2.45, 2.75) is 31.9 Å². The quantitative estimate of drug-likeness (QED) is 0.748. The highest BCUT2D eigenvalue weighted by Crippen LogP contribution is 2.35. The molecule has 2 rings (SSSR count).